The molecule has 120 valence electrons. The fourth-order valence-electron chi connectivity index (χ4n) is 1.56. The van der Waals surface area contributed by atoms with Crippen LogP contribution in [0.1, 0.15) is 5.56 Å². The average molecular weight is 336 g/mol. The summed E-state index contributed by atoms with van der Waals surface area (Å²) in [6, 6.07) is 4.72. The lowest BCUT2D eigenvalue weighted by Gasteiger charge is -2.11. The number of nitrogens with two attached hydrogens (primary N) is 1. The van der Waals surface area contributed by atoms with Crippen LogP contribution in [0.25, 0.3) is 0 Å². The van der Waals surface area contributed by atoms with Crippen molar-refractivity contribution in [2.24, 2.45) is 5.73 Å². The number of nitrogens with zero attached hydrogens (tertiary/aromatic N) is 1. The van der Waals surface area contributed by atoms with Crippen molar-refractivity contribution >= 4 is 21.6 Å². The molecule has 6 nitrogen and oxygen atoms in total. The largest absolute Gasteiger partial charge is 0.379 e. The van der Waals surface area contributed by atoms with Gasteiger partial charge in [-0.05, 0) is 31.8 Å². The van der Waals surface area contributed by atoms with Crippen LogP contribution < -0.4 is 10.5 Å². The van der Waals surface area contributed by atoms with Crippen LogP contribution in [0.3, 0.4) is 0 Å². The van der Waals surface area contributed by atoms with Gasteiger partial charge in [0.25, 0.3) is 0 Å². The van der Waals surface area contributed by atoms with E-state index in [1.165, 1.54) is 12.1 Å². The van der Waals surface area contributed by atoms with E-state index in [1.54, 1.807) is 6.07 Å². The highest BCUT2D eigenvalue weighted by Crippen LogP contribution is 2.22. The fraction of sp³-hybridized carbons (Fsp3) is 0.538. The molecule has 0 aromatic heterocycles. The van der Waals surface area contributed by atoms with Gasteiger partial charge in [0.05, 0.1) is 18.2 Å². The van der Waals surface area contributed by atoms with E-state index >= 15 is 0 Å². The number of rotatable bonds is 9. The molecule has 0 aliphatic heterocycles. The van der Waals surface area contributed by atoms with E-state index in [-0.39, 0.29) is 23.0 Å². The van der Waals surface area contributed by atoms with Crippen molar-refractivity contribution in [1.29, 1.82) is 0 Å². The van der Waals surface area contributed by atoms with Gasteiger partial charge in [0.1, 0.15) is 4.90 Å². The molecule has 0 radical (unpaired) electrons. The van der Waals surface area contributed by atoms with Crippen LogP contribution in [0.2, 0.25) is 5.02 Å². The van der Waals surface area contributed by atoms with Gasteiger partial charge in [0, 0.05) is 19.6 Å². The maximum atomic E-state index is 12.2. The maximum absolute atomic E-state index is 12.2. The first-order valence-electron chi connectivity index (χ1n) is 6.57. The topological polar surface area (TPSA) is 84.7 Å². The van der Waals surface area contributed by atoms with Gasteiger partial charge in [0.15, 0.2) is 0 Å². The van der Waals surface area contributed by atoms with E-state index in [1.807, 2.05) is 19.0 Å². The summed E-state index contributed by atoms with van der Waals surface area (Å²) in [5, 5.41) is 0.174. The molecular weight excluding hydrogens is 314 g/mol. The Morgan fingerprint density at radius 2 is 2.05 bits per heavy atom. The first kappa shape index (κ1) is 18.3. The minimum atomic E-state index is -3.65. The zero-order valence-corrected chi connectivity index (χ0v) is 13.9. The zero-order chi connectivity index (χ0) is 15.9. The van der Waals surface area contributed by atoms with Crippen molar-refractivity contribution in [3.05, 3.63) is 28.8 Å². The van der Waals surface area contributed by atoms with Gasteiger partial charge in [-0.15, -0.1) is 0 Å². The summed E-state index contributed by atoms with van der Waals surface area (Å²) in [5.74, 6) is 0. The van der Waals surface area contributed by atoms with Gasteiger partial charge >= 0.3 is 0 Å². The summed E-state index contributed by atoms with van der Waals surface area (Å²) in [6.07, 6.45) is 0. The predicted octanol–water partition coefficient (Wildman–Crippen LogP) is 0.655. The second-order valence-corrected chi connectivity index (χ2v) is 6.92. The Bertz CT molecular complexity index is 550. The van der Waals surface area contributed by atoms with Crippen LogP contribution in [-0.4, -0.2) is 53.7 Å². The smallest absolute Gasteiger partial charge is 0.242 e. The molecule has 3 N–H and O–H groups in total. The third-order valence-electron chi connectivity index (χ3n) is 2.74. The number of nitrogens with one attached hydrogen (secondary N) is 1. The third kappa shape index (κ3) is 6.29. The number of likely N-dealkylation sites (N-methyl/N-ethyl adjacent to an activating group) is 1. The van der Waals surface area contributed by atoms with Crippen LogP contribution in [0.4, 0.5) is 0 Å². The number of sulfonamides is 1. The second-order valence-electron chi connectivity index (χ2n) is 4.78. The molecule has 0 saturated carbocycles. The van der Waals surface area contributed by atoms with Crippen molar-refractivity contribution in [3.8, 4) is 0 Å². The van der Waals surface area contributed by atoms with E-state index in [9.17, 15) is 8.42 Å². The minimum Gasteiger partial charge on any atom is -0.379 e. The summed E-state index contributed by atoms with van der Waals surface area (Å²) in [5.41, 5.74) is 6.22. The van der Waals surface area contributed by atoms with Crippen molar-refractivity contribution in [2.45, 2.75) is 11.4 Å². The quantitative estimate of drug-likeness (QED) is 0.647. The number of hydrogen-bond donors (Lipinski definition) is 2. The second kappa shape index (κ2) is 8.67. The number of halogens is 1. The van der Waals surface area contributed by atoms with Gasteiger partial charge in [0.2, 0.25) is 10.0 Å². The SMILES string of the molecule is CN(C)CCOCCNS(=O)(=O)c1cc(CN)ccc1Cl. The first-order valence-corrected chi connectivity index (χ1v) is 8.43. The third-order valence-corrected chi connectivity index (χ3v) is 4.68. The number of ether oxygens (including phenoxy) is 1. The molecule has 0 aliphatic carbocycles. The minimum absolute atomic E-state index is 0.0420. The first-order chi connectivity index (χ1) is 9.86. The molecule has 0 atom stereocenters. The van der Waals surface area contributed by atoms with Crippen LogP contribution in [0, 0.1) is 0 Å². The van der Waals surface area contributed by atoms with Crippen LogP contribution >= 0.6 is 11.6 Å². The zero-order valence-electron chi connectivity index (χ0n) is 12.3. The van der Waals surface area contributed by atoms with Gasteiger partial charge in [-0.25, -0.2) is 13.1 Å². The fourth-order valence-corrected chi connectivity index (χ4v) is 3.12. The lowest BCUT2D eigenvalue weighted by Crippen LogP contribution is -2.29. The Labute approximate surface area is 131 Å². The van der Waals surface area contributed by atoms with Gasteiger partial charge in [-0.3, -0.25) is 0 Å². The highest BCUT2D eigenvalue weighted by atomic mass is 35.5. The molecule has 1 aromatic carbocycles. The summed E-state index contributed by atoms with van der Waals surface area (Å²) in [4.78, 5) is 2.03. The molecule has 0 fully saturated rings. The molecule has 0 bridgehead atoms. The van der Waals surface area contributed by atoms with E-state index in [0.717, 1.165) is 6.54 Å². The Hall–Kier alpha value is -0.700. The molecule has 1 aromatic rings. The van der Waals surface area contributed by atoms with Crippen molar-refractivity contribution < 1.29 is 13.2 Å². The number of hydrogen-bond acceptors (Lipinski definition) is 5. The summed E-state index contributed by atoms with van der Waals surface area (Å²) in [6.45, 7) is 2.10. The normalized spacial score (nSPS) is 12.0. The average Bonchev–Trinajstić information content (AvgIpc) is 2.42. The Kier molecular flexibility index (Phi) is 7.58. The monoisotopic (exact) mass is 335 g/mol. The standard InChI is InChI=1S/C13H22ClN3O3S/c1-17(2)6-8-20-7-5-16-21(18,19)13-9-11(10-15)3-4-12(13)14/h3-4,9,16H,5-8,10,15H2,1-2H3. The van der Waals surface area contributed by atoms with Crippen LogP contribution in [0.5, 0.6) is 0 Å². The van der Waals surface area contributed by atoms with Crippen molar-refractivity contribution in [3.63, 3.8) is 0 Å². The Morgan fingerprint density at radius 1 is 1.33 bits per heavy atom. The lowest BCUT2D eigenvalue weighted by molar-refractivity contribution is 0.122. The highest BCUT2D eigenvalue weighted by Gasteiger charge is 2.17. The lowest BCUT2D eigenvalue weighted by atomic mass is 10.2. The summed E-state index contributed by atoms with van der Waals surface area (Å²) >= 11 is 5.94. The predicted molar refractivity (Wildman–Crippen MR) is 83.9 cm³/mol. The molecule has 0 unspecified atom stereocenters. The maximum Gasteiger partial charge on any atom is 0.242 e. The van der Waals surface area contributed by atoms with Gasteiger partial charge in [-0.1, -0.05) is 17.7 Å². The molecule has 0 heterocycles. The Morgan fingerprint density at radius 3 is 2.67 bits per heavy atom. The molecule has 21 heavy (non-hydrogen) atoms. The molecular formula is C13H22ClN3O3S. The van der Waals surface area contributed by atoms with Crippen molar-refractivity contribution in [2.75, 3.05) is 40.4 Å². The van der Waals surface area contributed by atoms with Gasteiger partial charge < -0.3 is 15.4 Å². The van der Waals surface area contributed by atoms with E-state index in [0.29, 0.717) is 18.8 Å². The number of benzene rings is 1. The molecule has 0 spiro atoms. The van der Waals surface area contributed by atoms with Crippen LogP contribution in [0.15, 0.2) is 23.1 Å². The molecule has 0 saturated heterocycles. The molecule has 1 rings (SSSR count). The summed E-state index contributed by atoms with van der Waals surface area (Å²) in [7, 11) is 0.231. The van der Waals surface area contributed by atoms with Gasteiger partial charge in [-0.2, -0.15) is 0 Å². The molecule has 0 aliphatic rings. The molecule has 0 amide bonds. The van der Waals surface area contributed by atoms with E-state index in [4.69, 9.17) is 22.1 Å². The summed E-state index contributed by atoms with van der Waals surface area (Å²) < 4.78 is 32.1. The van der Waals surface area contributed by atoms with E-state index in [2.05, 4.69) is 4.72 Å². The van der Waals surface area contributed by atoms with Crippen LogP contribution in [-0.2, 0) is 21.3 Å². The highest BCUT2D eigenvalue weighted by molar-refractivity contribution is 7.89. The molecule has 8 heteroatoms. The Balaban J connectivity index is 2.54. The van der Waals surface area contributed by atoms with E-state index < -0.39 is 10.0 Å². The van der Waals surface area contributed by atoms with Crippen molar-refractivity contribution in [1.82, 2.24) is 9.62 Å².